The van der Waals surface area contributed by atoms with Crippen LogP contribution in [0.15, 0.2) is 18.2 Å². The number of alkyl halides is 1. The first-order valence-corrected chi connectivity index (χ1v) is 6.62. The van der Waals surface area contributed by atoms with Crippen LogP contribution in [0, 0.1) is 6.92 Å². The van der Waals surface area contributed by atoms with E-state index >= 15 is 0 Å². The van der Waals surface area contributed by atoms with Gasteiger partial charge in [-0.3, -0.25) is 4.79 Å². The maximum Gasteiger partial charge on any atom is 0.251 e. The third kappa shape index (κ3) is 2.58. The average molecular weight is 272 g/mol. The predicted octanol–water partition coefficient (Wildman–Crippen LogP) is 3.54. The van der Waals surface area contributed by atoms with Crippen LogP contribution in [0.1, 0.15) is 35.2 Å². The Bertz CT molecular complexity index is 436. The molecule has 0 bridgehead atoms. The van der Waals surface area contributed by atoms with E-state index in [-0.39, 0.29) is 11.4 Å². The van der Waals surface area contributed by atoms with E-state index in [0.29, 0.717) is 16.5 Å². The van der Waals surface area contributed by atoms with Gasteiger partial charge in [0.1, 0.15) is 0 Å². The summed E-state index contributed by atoms with van der Waals surface area (Å²) in [6.07, 6.45) is 3.07. The monoisotopic (exact) mass is 271 g/mol. The summed E-state index contributed by atoms with van der Waals surface area (Å²) in [6.45, 7) is 1.89. The van der Waals surface area contributed by atoms with E-state index in [9.17, 15) is 4.79 Å². The summed E-state index contributed by atoms with van der Waals surface area (Å²) in [6, 6.07) is 5.30. The molecular weight excluding hydrogens is 257 g/mol. The third-order valence-corrected chi connectivity index (χ3v) is 4.30. The molecule has 0 unspecified atom stereocenters. The fraction of sp³-hybridized carbons (Fsp3) is 0.462. The molecule has 0 radical (unpaired) electrons. The van der Waals surface area contributed by atoms with Crippen molar-refractivity contribution < 1.29 is 4.79 Å². The summed E-state index contributed by atoms with van der Waals surface area (Å²) in [5.41, 5.74) is 1.36. The van der Waals surface area contributed by atoms with Crippen LogP contribution in [0.4, 0.5) is 0 Å². The molecule has 0 aromatic heterocycles. The Kier molecular flexibility index (Phi) is 3.64. The van der Waals surface area contributed by atoms with Crippen molar-refractivity contribution in [1.82, 2.24) is 5.32 Å². The lowest BCUT2D eigenvalue weighted by Gasteiger charge is -2.41. The zero-order chi connectivity index (χ0) is 12.5. The van der Waals surface area contributed by atoms with E-state index in [2.05, 4.69) is 5.32 Å². The molecule has 1 aliphatic carbocycles. The van der Waals surface area contributed by atoms with Crippen LogP contribution in [-0.2, 0) is 0 Å². The standard InChI is InChI=1S/C13H15Cl2NO/c1-9-7-10(3-4-11(9)15)12(17)16-13(8-14)5-2-6-13/h3-4,7H,2,5-6,8H2,1H3,(H,16,17). The van der Waals surface area contributed by atoms with Gasteiger partial charge in [-0.1, -0.05) is 11.6 Å². The van der Waals surface area contributed by atoms with Gasteiger partial charge in [0, 0.05) is 16.5 Å². The highest BCUT2D eigenvalue weighted by Crippen LogP contribution is 2.33. The summed E-state index contributed by atoms with van der Waals surface area (Å²) in [5, 5.41) is 3.71. The summed E-state index contributed by atoms with van der Waals surface area (Å²) >= 11 is 11.8. The average Bonchev–Trinajstić information content (AvgIpc) is 2.27. The number of nitrogens with one attached hydrogen (secondary N) is 1. The Labute approximate surface area is 111 Å². The van der Waals surface area contributed by atoms with Crippen molar-refractivity contribution in [3.05, 3.63) is 34.3 Å². The maximum atomic E-state index is 12.1. The molecular formula is C13H15Cl2NO. The molecule has 4 heteroatoms. The number of amides is 1. The predicted molar refractivity (Wildman–Crippen MR) is 71.0 cm³/mol. The van der Waals surface area contributed by atoms with E-state index in [1.807, 2.05) is 6.92 Å². The van der Waals surface area contributed by atoms with Crippen molar-refractivity contribution >= 4 is 29.1 Å². The Morgan fingerprint density at radius 2 is 2.18 bits per heavy atom. The Morgan fingerprint density at radius 1 is 1.47 bits per heavy atom. The normalized spacial score (nSPS) is 17.4. The van der Waals surface area contributed by atoms with Gasteiger partial charge in [0.2, 0.25) is 0 Å². The zero-order valence-corrected chi connectivity index (χ0v) is 11.2. The van der Waals surface area contributed by atoms with Crippen molar-refractivity contribution in [2.75, 3.05) is 5.88 Å². The van der Waals surface area contributed by atoms with Crippen molar-refractivity contribution in [3.8, 4) is 0 Å². The molecule has 2 nitrogen and oxygen atoms in total. The largest absolute Gasteiger partial charge is 0.345 e. The van der Waals surface area contributed by atoms with E-state index in [1.54, 1.807) is 18.2 Å². The van der Waals surface area contributed by atoms with Crippen LogP contribution in [0.25, 0.3) is 0 Å². The lowest BCUT2D eigenvalue weighted by Crippen LogP contribution is -2.55. The van der Waals surface area contributed by atoms with Crippen molar-refractivity contribution in [2.45, 2.75) is 31.7 Å². The first kappa shape index (κ1) is 12.7. The molecule has 1 aromatic rings. The molecule has 1 fully saturated rings. The fourth-order valence-electron chi connectivity index (χ4n) is 1.99. The topological polar surface area (TPSA) is 29.1 Å². The van der Waals surface area contributed by atoms with Crippen LogP contribution >= 0.6 is 23.2 Å². The third-order valence-electron chi connectivity index (χ3n) is 3.37. The Morgan fingerprint density at radius 3 is 2.65 bits per heavy atom. The number of carbonyl (C=O) groups is 1. The lowest BCUT2D eigenvalue weighted by molar-refractivity contribution is 0.0854. The van der Waals surface area contributed by atoms with Gasteiger partial charge in [-0.15, -0.1) is 11.6 Å². The minimum atomic E-state index is -0.188. The second-order valence-electron chi connectivity index (χ2n) is 4.69. The summed E-state index contributed by atoms with van der Waals surface area (Å²) in [5.74, 6) is 0.413. The van der Waals surface area contributed by atoms with Gasteiger partial charge in [-0.25, -0.2) is 0 Å². The molecule has 0 heterocycles. The number of halogens is 2. The second kappa shape index (κ2) is 4.87. The summed E-state index contributed by atoms with van der Waals surface area (Å²) in [4.78, 5) is 12.1. The van der Waals surface area contributed by atoms with E-state index in [1.165, 1.54) is 0 Å². The Balaban J connectivity index is 2.11. The first-order valence-electron chi connectivity index (χ1n) is 5.71. The van der Waals surface area contributed by atoms with Crippen molar-refractivity contribution in [3.63, 3.8) is 0 Å². The minimum absolute atomic E-state index is 0.0647. The molecule has 92 valence electrons. The number of rotatable bonds is 3. The number of hydrogen-bond acceptors (Lipinski definition) is 1. The van der Waals surface area contributed by atoms with Crippen LogP contribution in [-0.4, -0.2) is 17.3 Å². The van der Waals surface area contributed by atoms with Gasteiger partial charge >= 0.3 is 0 Å². The number of benzene rings is 1. The molecule has 1 amide bonds. The van der Waals surface area contributed by atoms with Gasteiger partial charge in [-0.2, -0.15) is 0 Å². The maximum absolute atomic E-state index is 12.1. The molecule has 0 spiro atoms. The quantitative estimate of drug-likeness (QED) is 0.838. The molecule has 1 N–H and O–H groups in total. The molecule has 0 saturated heterocycles. The fourth-order valence-corrected chi connectivity index (χ4v) is 2.45. The zero-order valence-electron chi connectivity index (χ0n) is 9.72. The number of aryl methyl sites for hydroxylation is 1. The van der Waals surface area contributed by atoms with Crippen molar-refractivity contribution in [2.24, 2.45) is 0 Å². The first-order chi connectivity index (χ1) is 8.06. The van der Waals surface area contributed by atoms with E-state index in [4.69, 9.17) is 23.2 Å². The van der Waals surface area contributed by atoms with Gasteiger partial charge in [0.15, 0.2) is 0 Å². The highest BCUT2D eigenvalue weighted by atomic mass is 35.5. The van der Waals surface area contributed by atoms with E-state index < -0.39 is 0 Å². The van der Waals surface area contributed by atoms with Crippen LogP contribution in [0.5, 0.6) is 0 Å². The molecule has 1 aromatic carbocycles. The van der Waals surface area contributed by atoms with E-state index in [0.717, 1.165) is 24.8 Å². The lowest BCUT2D eigenvalue weighted by atomic mass is 9.78. The van der Waals surface area contributed by atoms with Gasteiger partial charge in [-0.05, 0) is 49.9 Å². The van der Waals surface area contributed by atoms with Gasteiger partial charge in [0.05, 0.1) is 5.54 Å². The second-order valence-corrected chi connectivity index (χ2v) is 5.36. The highest BCUT2D eigenvalue weighted by Gasteiger charge is 2.37. The molecule has 1 aliphatic rings. The number of carbonyl (C=O) groups excluding carboxylic acids is 1. The molecule has 17 heavy (non-hydrogen) atoms. The van der Waals surface area contributed by atoms with Gasteiger partial charge < -0.3 is 5.32 Å². The van der Waals surface area contributed by atoms with Gasteiger partial charge in [0.25, 0.3) is 5.91 Å². The minimum Gasteiger partial charge on any atom is -0.345 e. The summed E-state index contributed by atoms with van der Waals surface area (Å²) < 4.78 is 0. The molecule has 0 aliphatic heterocycles. The molecule has 2 rings (SSSR count). The number of hydrogen-bond donors (Lipinski definition) is 1. The van der Waals surface area contributed by atoms with Crippen LogP contribution in [0.3, 0.4) is 0 Å². The summed E-state index contributed by atoms with van der Waals surface area (Å²) in [7, 11) is 0. The smallest absolute Gasteiger partial charge is 0.251 e. The molecule has 1 saturated carbocycles. The highest BCUT2D eigenvalue weighted by molar-refractivity contribution is 6.31. The van der Waals surface area contributed by atoms with Crippen LogP contribution < -0.4 is 5.32 Å². The van der Waals surface area contributed by atoms with Crippen LogP contribution in [0.2, 0.25) is 5.02 Å². The van der Waals surface area contributed by atoms with Crippen molar-refractivity contribution in [1.29, 1.82) is 0 Å². The molecule has 0 atom stereocenters. The SMILES string of the molecule is Cc1cc(C(=O)NC2(CCl)CCC2)ccc1Cl. The Hall–Kier alpha value is -0.730.